The molecular formula is C27H28N2O6S. The van der Waals surface area contributed by atoms with Crippen LogP contribution in [-0.2, 0) is 14.8 Å². The van der Waals surface area contributed by atoms with Crippen LogP contribution in [0.15, 0.2) is 72.8 Å². The quantitative estimate of drug-likeness (QED) is 0.452. The van der Waals surface area contributed by atoms with E-state index in [0.717, 1.165) is 22.3 Å². The molecule has 0 bridgehead atoms. The Hall–Kier alpha value is -3.40. The van der Waals surface area contributed by atoms with Crippen molar-refractivity contribution in [3.8, 4) is 11.1 Å². The summed E-state index contributed by atoms with van der Waals surface area (Å²) >= 11 is 0. The van der Waals surface area contributed by atoms with Gasteiger partial charge < -0.3 is 20.3 Å². The number of fused-ring (bicyclic) bond motifs is 3. The topological polar surface area (TPSA) is 116 Å². The minimum atomic E-state index is -3.36. The normalized spacial score (nSPS) is 17.8. The second-order valence-corrected chi connectivity index (χ2v) is 11.1. The molecule has 0 aromatic heterocycles. The van der Waals surface area contributed by atoms with Crippen LogP contribution in [0.2, 0.25) is 0 Å². The maximum absolute atomic E-state index is 12.4. The number of benzene rings is 3. The molecule has 1 amide bonds. The van der Waals surface area contributed by atoms with E-state index < -0.39 is 28.3 Å². The Morgan fingerprint density at radius 2 is 1.67 bits per heavy atom. The lowest BCUT2D eigenvalue weighted by atomic mass is 9.98. The van der Waals surface area contributed by atoms with Crippen molar-refractivity contribution in [1.82, 2.24) is 5.32 Å². The van der Waals surface area contributed by atoms with Crippen LogP contribution in [0.25, 0.3) is 11.1 Å². The molecule has 2 aliphatic rings. The fraction of sp³-hybridized carbons (Fsp3) is 0.296. The van der Waals surface area contributed by atoms with Gasteiger partial charge >= 0.3 is 6.09 Å². The zero-order chi connectivity index (χ0) is 25.3. The van der Waals surface area contributed by atoms with Crippen molar-refractivity contribution in [3.05, 3.63) is 89.5 Å². The lowest BCUT2D eigenvalue weighted by molar-refractivity contribution is 0.0186. The number of nitrogens with one attached hydrogen (secondary N) is 1. The van der Waals surface area contributed by atoms with E-state index in [9.17, 15) is 23.4 Å². The number of rotatable bonds is 7. The molecule has 0 saturated carbocycles. The summed E-state index contributed by atoms with van der Waals surface area (Å²) in [5, 5.41) is 23.6. The third-order valence-electron chi connectivity index (χ3n) is 6.76. The third kappa shape index (κ3) is 4.69. The Labute approximate surface area is 210 Å². The molecule has 36 heavy (non-hydrogen) atoms. The zero-order valence-corrected chi connectivity index (χ0v) is 20.4. The van der Waals surface area contributed by atoms with Crippen LogP contribution in [-0.4, -0.2) is 56.3 Å². The average Bonchev–Trinajstić information content (AvgIpc) is 3.42. The number of alkyl carbamates (subject to hydrolysis) is 1. The van der Waals surface area contributed by atoms with Crippen LogP contribution in [0.5, 0.6) is 0 Å². The number of hydrogen-bond donors (Lipinski definition) is 3. The number of carbonyl (C=O) groups is 1. The van der Waals surface area contributed by atoms with E-state index in [4.69, 9.17) is 4.74 Å². The average molecular weight is 509 g/mol. The van der Waals surface area contributed by atoms with Gasteiger partial charge in [0.25, 0.3) is 0 Å². The Bertz CT molecular complexity index is 1330. The van der Waals surface area contributed by atoms with E-state index in [1.807, 2.05) is 36.4 Å². The molecule has 188 valence electrons. The summed E-state index contributed by atoms with van der Waals surface area (Å²) in [6, 6.07) is 22.5. The molecule has 3 N–H and O–H groups in total. The van der Waals surface area contributed by atoms with Gasteiger partial charge in [0, 0.05) is 19.0 Å². The fourth-order valence-electron chi connectivity index (χ4n) is 4.96. The lowest BCUT2D eigenvalue weighted by Gasteiger charge is -2.22. The van der Waals surface area contributed by atoms with Crippen molar-refractivity contribution in [3.63, 3.8) is 0 Å². The molecule has 1 aliphatic heterocycles. The van der Waals surface area contributed by atoms with Gasteiger partial charge in [-0.3, -0.25) is 4.31 Å². The standard InChI is InChI=1S/C27H28N2O6S/c30-25(26(31)18-7-5-8-19(15-18)29-13-6-14-36(29,33)34)16-28-27(32)35-17-24-22-11-3-1-9-20(22)21-10-2-4-12-23(21)24/h1-5,7-12,15,24-26,30-31H,6,13-14,16-17H2,(H,28,32). The monoisotopic (exact) mass is 508 g/mol. The van der Waals surface area contributed by atoms with Crippen molar-refractivity contribution in [2.75, 3.05) is 29.8 Å². The van der Waals surface area contributed by atoms with E-state index in [1.54, 1.807) is 24.3 Å². The maximum atomic E-state index is 12.4. The molecule has 0 radical (unpaired) electrons. The number of amides is 1. The van der Waals surface area contributed by atoms with Gasteiger partial charge in [0.15, 0.2) is 0 Å². The second kappa shape index (κ2) is 9.93. The summed E-state index contributed by atoms with van der Waals surface area (Å²) in [6.45, 7) is 0.294. The Morgan fingerprint density at radius 3 is 2.31 bits per heavy atom. The van der Waals surface area contributed by atoms with Crippen molar-refractivity contribution in [2.24, 2.45) is 0 Å². The first kappa shape index (κ1) is 24.3. The molecule has 5 rings (SSSR count). The lowest BCUT2D eigenvalue weighted by Crippen LogP contribution is -2.36. The third-order valence-corrected chi connectivity index (χ3v) is 8.63. The van der Waals surface area contributed by atoms with Gasteiger partial charge in [0.2, 0.25) is 10.0 Å². The number of aliphatic hydroxyl groups is 2. The van der Waals surface area contributed by atoms with Crippen LogP contribution in [0.4, 0.5) is 10.5 Å². The summed E-state index contributed by atoms with van der Waals surface area (Å²) in [4.78, 5) is 12.4. The molecule has 1 fully saturated rings. The van der Waals surface area contributed by atoms with Crippen molar-refractivity contribution in [2.45, 2.75) is 24.5 Å². The summed E-state index contributed by atoms with van der Waals surface area (Å²) in [5.74, 6) is 0.00944. The van der Waals surface area contributed by atoms with Crippen LogP contribution >= 0.6 is 0 Å². The van der Waals surface area contributed by atoms with Crippen molar-refractivity contribution in [1.29, 1.82) is 0 Å². The maximum Gasteiger partial charge on any atom is 0.407 e. The van der Waals surface area contributed by atoms with E-state index in [2.05, 4.69) is 17.4 Å². The van der Waals surface area contributed by atoms with Gasteiger partial charge in [-0.2, -0.15) is 0 Å². The largest absolute Gasteiger partial charge is 0.449 e. The number of ether oxygens (including phenoxy) is 1. The number of nitrogens with zero attached hydrogens (tertiary/aromatic N) is 1. The van der Waals surface area contributed by atoms with Crippen molar-refractivity contribution >= 4 is 21.8 Å². The van der Waals surface area contributed by atoms with Crippen LogP contribution < -0.4 is 9.62 Å². The van der Waals surface area contributed by atoms with Crippen molar-refractivity contribution < 1.29 is 28.2 Å². The molecule has 3 aromatic rings. The fourth-order valence-corrected chi connectivity index (χ4v) is 6.52. The highest BCUT2D eigenvalue weighted by Crippen LogP contribution is 2.44. The molecule has 2 atom stereocenters. The van der Waals surface area contributed by atoms with Gasteiger partial charge in [0.05, 0.1) is 11.4 Å². The number of carbonyl (C=O) groups excluding carboxylic acids is 1. The predicted octanol–water partition coefficient (Wildman–Crippen LogP) is 3.16. The Balaban J connectivity index is 1.18. The van der Waals surface area contributed by atoms with Gasteiger partial charge in [0.1, 0.15) is 18.8 Å². The second-order valence-electron chi connectivity index (χ2n) is 9.06. The molecule has 1 heterocycles. The van der Waals surface area contributed by atoms with Gasteiger partial charge in [-0.05, 0) is 46.4 Å². The van der Waals surface area contributed by atoms with Gasteiger partial charge in [-0.25, -0.2) is 13.2 Å². The molecule has 0 spiro atoms. The van der Waals surface area contributed by atoms with E-state index in [0.29, 0.717) is 24.2 Å². The molecular weight excluding hydrogens is 480 g/mol. The number of anilines is 1. The summed E-state index contributed by atoms with van der Waals surface area (Å²) in [6.07, 6.45) is -2.78. The van der Waals surface area contributed by atoms with E-state index >= 15 is 0 Å². The highest BCUT2D eigenvalue weighted by atomic mass is 32.2. The summed E-state index contributed by atoms with van der Waals surface area (Å²) in [5.41, 5.74) is 5.26. The first-order valence-electron chi connectivity index (χ1n) is 11.9. The number of hydrogen-bond acceptors (Lipinski definition) is 6. The van der Waals surface area contributed by atoms with E-state index in [1.165, 1.54) is 4.31 Å². The Morgan fingerprint density at radius 1 is 1.00 bits per heavy atom. The molecule has 9 heteroatoms. The van der Waals surface area contributed by atoms with Crippen LogP contribution in [0, 0.1) is 0 Å². The van der Waals surface area contributed by atoms with Gasteiger partial charge in [-0.1, -0.05) is 60.7 Å². The smallest absolute Gasteiger partial charge is 0.407 e. The molecule has 3 aromatic carbocycles. The van der Waals surface area contributed by atoms with Gasteiger partial charge in [-0.15, -0.1) is 0 Å². The van der Waals surface area contributed by atoms with Crippen LogP contribution in [0.3, 0.4) is 0 Å². The molecule has 1 aliphatic carbocycles. The number of sulfonamides is 1. The van der Waals surface area contributed by atoms with Crippen LogP contribution in [0.1, 0.15) is 35.1 Å². The SMILES string of the molecule is O=C(NCC(O)C(O)c1cccc(N2CCCS2(=O)=O)c1)OCC1c2ccccc2-c2ccccc21. The zero-order valence-electron chi connectivity index (χ0n) is 19.6. The highest BCUT2D eigenvalue weighted by Gasteiger charge is 2.30. The first-order valence-corrected chi connectivity index (χ1v) is 13.5. The Kier molecular flexibility index (Phi) is 6.70. The predicted molar refractivity (Wildman–Crippen MR) is 136 cm³/mol. The minimum Gasteiger partial charge on any atom is -0.449 e. The number of aliphatic hydroxyl groups excluding tert-OH is 2. The summed E-state index contributed by atoms with van der Waals surface area (Å²) in [7, 11) is -3.36. The summed E-state index contributed by atoms with van der Waals surface area (Å²) < 4.78 is 31.2. The minimum absolute atomic E-state index is 0.0803. The molecule has 2 unspecified atom stereocenters. The molecule has 1 saturated heterocycles. The molecule has 8 nitrogen and oxygen atoms in total. The van der Waals surface area contributed by atoms with E-state index in [-0.39, 0.29) is 24.8 Å². The highest BCUT2D eigenvalue weighted by molar-refractivity contribution is 7.93. The first-order chi connectivity index (χ1) is 17.3.